The second-order valence-electron chi connectivity index (χ2n) is 2.02. The number of aliphatic hydroxyl groups is 1. The predicted octanol–water partition coefficient (Wildman–Crippen LogP) is 2.36. The molecule has 0 bridgehead atoms. The number of hydrogen-bond donors (Lipinski definition) is 1. The highest BCUT2D eigenvalue weighted by molar-refractivity contribution is 4.86. The zero-order valence-electron chi connectivity index (χ0n) is 6.78. The van der Waals surface area contributed by atoms with Gasteiger partial charge in [0.25, 0.3) is 0 Å². The van der Waals surface area contributed by atoms with Crippen LogP contribution in [0.4, 0.5) is 0 Å². The first kappa shape index (κ1) is 11.5. The smallest absolute Gasteiger partial charge is 0.0402 e. The van der Waals surface area contributed by atoms with Gasteiger partial charge in [-0.25, -0.2) is 0 Å². The summed E-state index contributed by atoms with van der Waals surface area (Å²) < 4.78 is 0. The average molecular weight is 130 g/mol. The van der Waals surface area contributed by atoms with Gasteiger partial charge >= 0.3 is 0 Å². The van der Waals surface area contributed by atoms with E-state index in [-0.39, 0.29) is 6.61 Å². The van der Waals surface area contributed by atoms with E-state index in [9.17, 15) is 0 Å². The van der Waals surface area contributed by atoms with Gasteiger partial charge in [0.2, 0.25) is 0 Å². The number of allylic oxidation sites excluding steroid dienone is 1. The van der Waals surface area contributed by atoms with E-state index >= 15 is 0 Å². The van der Waals surface area contributed by atoms with E-state index in [2.05, 4.69) is 20.4 Å². The van der Waals surface area contributed by atoms with Crippen LogP contribution in [-0.4, -0.2) is 11.7 Å². The van der Waals surface area contributed by atoms with Crippen molar-refractivity contribution in [1.29, 1.82) is 0 Å². The molecule has 0 fully saturated rings. The Bertz CT molecular complexity index is 57.6. The second-order valence-corrected chi connectivity index (χ2v) is 2.02. The molecule has 1 N–H and O–H groups in total. The molecule has 0 aromatic rings. The largest absolute Gasteiger partial charge is 0.397 e. The van der Waals surface area contributed by atoms with Gasteiger partial charge in [0.1, 0.15) is 0 Å². The Labute approximate surface area is 58.4 Å². The van der Waals surface area contributed by atoms with Gasteiger partial charge < -0.3 is 5.11 Å². The molecule has 1 heteroatoms. The molecule has 0 aliphatic heterocycles. The van der Waals surface area contributed by atoms with Gasteiger partial charge in [-0.3, -0.25) is 0 Å². The summed E-state index contributed by atoms with van der Waals surface area (Å²) in [4.78, 5) is 0. The fourth-order valence-electron chi connectivity index (χ4n) is 0.427. The fraction of sp³-hybridized carbons (Fsp3) is 0.750. The van der Waals surface area contributed by atoms with Crippen LogP contribution >= 0.6 is 0 Å². The molecular formula is C8H18O. The molecular weight excluding hydrogens is 112 g/mol. The molecule has 0 spiro atoms. The molecule has 0 amide bonds. The van der Waals surface area contributed by atoms with Crippen LogP contribution < -0.4 is 0 Å². The maximum atomic E-state index is 7.57. The lowest BCUT2D eigenvalue weighted by Gasteiger charge is -1.87. The van der Waals surface area contributed by atoms with E-state index in [1.54, 1.807) is 6.92 Å². The topological polar surface area (TPSA) is 20.2 Å². The Morgan fingerprint density at radius 3 is 1.78 bits per heavy atom. The van der Waals surface area contributed by atoms with Gasteiger partial charge in [0.05, 0.1) is 0 Å². The highest BCUT2D eigenvalue weighted by atomic mass is 16.2. The van der Waals surface area contributed by atoms with Gasteiger partial charge in [0.15, 0.2) is 0 Å². The Morgan fingerprint density at radius 1 is 1.44 bits per heavy atom. The fourth-order valence-corrected chi connectivity index (χ4v) is 0.427. The lowest BCUT2D eigenvalue weighted by atomic mass is 10.2. The van der Waals surface area contributed by atoms with Crippen molar-refractivity contribution in [3.63, 3.8) is 0 Å². The zero-order valence-corrected chi connectivity index (χ0v) is 6.78. The molecule has 0 radical (unpaired) electrons. The molecule has 0 unspecified atom stereocenters. The molecule has 0 heterocycles. The van der Waals surface area contributed by atoms with Crippen molar-refractivity contribution in [1.82, 2.24) is 0 Å². The quantitative estimate of drug-likeness (QED) is 0.569. The number of rotatable bonds is 2. The van der Waals surface area contributed by atoms with E-state index in [0.717, 1.165) is 0 Å². The molecule has 9 heavy (non-hydrogen) atoms. The zero-order chi connectivity index (χ0) is 7.70. The Balaban J connectivity index is 0. The van der Waals surface area contributed by atoms with Crippen LogP contribution in [0.1, 0.15) is 33.6 Å². The lowest BCUT2D eigenvalue weighted by Crippen LogP contribution is -1.66. The van der Waals surface area contributed by atoms with Crippen molar-refractivity contribution in [2.75, 3.05) is 6.61 Å². The van der Waals surface area contributed by atoms with Crippen LogP contribution in [0, 0.1) is 0 Å². The van der Waals surface area contributed by atoms with E-state index in [4.69, 9.17) is 5.11 Å². The van der Waals surface area contributed by atoms with Gasteiger partial charge in [-0.1, -0.05) is 18.9 Å². The molecule has 0 saturated carbocycles. The third-order valence-corrected chi connectivity index (χ3v) is 0.677. The molecule has 0 aromatic heterocycles. The van der Waals surface area contributed by atoms with Crippen molar-refractivity contribution < 1.29 is 5.11 Å². The van der Waals surface area contributed by atoms with E-state index in [0.29, 0.717) is 0 Å². The minimum Gasteiger partial charge on any atom is -0.397 e. The maximum absolute atomic E-state index is 7.57. The Kier molecular flexibility index (Phi) is 13.6. The third kappa shape index (κ3) is 34.3. The van der Waals surface area contributed by atoms with E-state index < -0.39 is 0 Å². The predicted molar refractivity (Wildman–Crippen MR) is 42.5 cm³/mol. The minimum absolute atomic E-state index is 0.250. The first-order valence-corrected chi connectivity index (χ1v) is 3.44. The van der Waals surface area contributed by atoms with Crippen molar-refractivity contribution in [2.24, 2.45) is 0 Å². The summed E-state index contributed by atoms with van der Waals surface area (Å²) in [6, 6.07) is 0. The molecule has 0 rings (SSSR count). The molecule has 0 aliphatic carbocycles. The summed E-state index contributed by atoms with van der Waals surface area (Å²) in [5.41, 5.74) is 1.29. The van der Waals surface area contributed by atoms with Crippen LogP contribution in [0.5, 0.6) is 0 Å². The van der Waals surface area contributed by atoms with E-state index in [1.165, 1.54) is 18.4 Å². The summed E-state index contributed by atoms with van der Waals surface area (Å²) in [6.45, 7) is 9.90. The van der Waals surface area contributed by atoms with Gasteiger partial charge in [-0.2, -0.15) is 0 Å². The summed E-state index contributed by atoms with van der Waals surface area (Å²) in [5, 5.41) is 7.57. The van der Waals surface area contributed by atoms with Crippen molar-refractivity contribution in [3.8, 4) is 0 Å². The van der Waals surface area contributed by atoms with Crippen molar-refractivity contribution in [2.45, 2.75) is 33.6 Å². The molecule has 0 atom stereocenters. The summed E-state index contributed by atoms with van der Waals surface area (Å²) in [5.74, 6) is 0. The van der Waals surface area contributed by atoms with Crippen LogP contribution in [0.15, 0.2) is 12.2 Å². The Morgan fingerprint density at radius 2 is 1.78 bits per heavy atom. The third-order valence-electron chi connectivity index (χ3n) is 0.677. The normalized spacial score (nSPS) is 7.56. The van der Waals surface area contributed by atoms with Crippen LogP contribution in [0.25, 0.3) is 0 Å². The highest BCUT2D eigenvalue weighted by Gasteiger charge is 1.76. The van der Waals surface area contributed by atoms with Crippen LogP contribution in [0.3, 0.4) is 0 Å². The highest BCUT2D eigenvalue weighted by Crippen LogP contribution is 1.96. The molecule has 0 aliphatic rings. The number of hydrogen-bond acceptors (Lipinski definition) is 1. The SMILES string of the molecule is C=C(C)CCC.CCO. The maximum Gasteiger partial charge on any atom is 0.0402 e. The average Bonchev–Trinajstić information content (AvgIpc) is 1.67. The minimum atomic E-state index is 0.250. The van der Waals surface area contributed by atoms with Crippen molar-refractivity contribution in [3.05, 3.63) is 12.2 Å². The Hall–Kier alpha value is -0.300. The molecule has 0 saturated heterocycles. The summed E-state index contributed by atoms with van der Waals surface area (Å²) >= 11 is 0. The van der Waals surface area contributed by atoms with E-state index in [1.807, 2.05) is 0 Å². The van der Waals surface area contributed by atoms with Crippen LogP contribution in [-0.2, 0) is 0 Å². The molecule has 56 valence electrons. The van der Waals surface area contributed by atoms with Crippen molar-refractivity contribution >= 4 is 0 Å². The summed E-state index contributed by atoms with van der Waals surface area (Å²) in [7, 11) is 0. The standard InChI is InChI=1S/C6H12.C2H6O/c1-4-5-6(2)3;1-2-3/h2,4-5H2,1,3H3;3H,2H2,1H3. The monoisotopic (exact) mass is 130 g/mol. The number of aliphatic hydroxyl groups excluding tert-OH is 1. The van der Waals surface area contributed by atoms with Crippen LogP contribution in [0.2, 0.25) is 0 Å². The first-order chi connectivity index (χ1) is 4.18. The molecule has 0 aromatic carbocycles. The molecule has 1 nitrogen and oxygen atoms in total. The van der Waals surface area contributed by atoms with Gasteiger partial charge in [-0.05, 0) is 20.3 Å². The lowest BCUT2D eigenvalue weighted by molar-refractivity contribution is 0.318. The second kappa shape index (κ2) is 10.6. The summed E-state index contributed by atoms with van der Waals surface area (Å²) in [6.07, 6.45) is 2.41. The first-order valence-electron chi connectivity index (χ1n) is 3.44. The van der Waals surface area contributed by atoms with Gasteiger partial charge in [0, 0.05) is 6.61 Å². The van der Waals surface area contributed by atoms with Gasteiger partial charge in [-0.15, -0.1) is 6.58 Å².